The minimum Gasteiger partial charge on any atom is -0.359 e. The van der Waals surface area contributed by atoms with Crippen molar-refractivity contribution < 1.29 is 4.79 Å². The van der Waals surface area contributed by atoms with Gasteiger partial charge in [0, 0.05) is 23.3 Å². The van der Waals surface area contributed by atoms with Crippen molar-refractivity contribution in [2.24, 2.45) is 0 Å². The van der Waals surface area contributed by atoms with Gasteiger partial charge in [-0.15, -0.1) is 0 Å². The van der Waals surface area contributed by atoms with Gasteiger partial charge in [-0.2, -0.15) is 0 Å². The van der Waals surface area contributed by atoms with E-state index < -0.39 is 0 Å². The Hall–Kier alpha value is -2.00. The van der Waals surface area contributed by atoms with Crippen LogP contribution in [0.15, 0.2) is 48.5 Å². The summed E-state index contributed by atoms with van der Waals surface area (Å²) in [5.41, 5.74) is 3.69. The highest BCUT2D eigenvalue weighted by Gasteiger charge is 2.26. The number of carbonyl (C=O) groups is 1. The fraction of sp³-hybridized carbons (Fsp3) is 0.316. The molecule has 2 aromatic rings. The van der Waals surface area contributed by atoms with E-state index in [1.807, 2.05) is 30.3 Å². The van der Waals surface area contributed by atoms with Gasteiger partial charge in [-0.1, -0.05) is 41.9 Å². The van der Waals surface area contributed by atoms with Crippen LogP contribution in [0.5, 0.6) is 0 Å². The molecule has 1 aliphatic heterocycles. The van der Waals surface area contributed by atoms with Gasteiger partial charge < -0.3 is 10.2 Å². The summed E-state index contributed by atoms with van der Waals surface area (Å²) in [6, 6.07) is 16.4. The third kappa shape index (κ3) is 3.85. The molecule has 1 heterocycles. The lowest BCUT2D eigenvalue weighted by molar-refractivity contribution is -0.119. The molecule has 3 rings (SSSR count). The summed E-state index contributed by atoms with van der Waals surface area (Å²) >= 11 is 5.87. The third-order valence-corrected chi connectivity index (χ3v) is 4.56. The Morgan fingerprint density at radius 3 is 2.74 bits per heavy atom. The number of nitrogens with one attached hydrogen (secondary N) is 1. The van der Waals surface area contributed by atoms with Gasteiger partial charge in [0.15, 0.2) is 0 Å². The lowest BCUT2D eigenvalue weighted by atomic mass is 10.1. The molecule has 0 saturated carbocycles. The number of hydrogen-bond acceptors (Lipinski definition) is 2. The first-order chi connectivity index (χ1) is 11.1. The maximum Gasteiger partial charge on any atom is 0.239 e. The first kappa shape index (κ1) is 15.9. The zero-order valence-electron chi connectivity index (χ0n) is 13.3. The fourth-order valence-corrected chi connectivity index (χ4v) is 3.20. The van der Waals surface area contributed by atoms with Crippen molar-refractivity contribution >= 4 is 23.2 Å². The van der Waals surface area contributed by atoms with Crippen molar-refractivity contribution in [3.8, 4) is 0 Å². The highest BCUT2D eigenvalue weighted by Crippen LogP contribution is 2.31. The molecule has 1 aliphatic rings. The van der Waals surface area contributed by atoms with E-state index in [4.69, 9.17) is 11.6 Å². The van der Waals surface area contributed by atoms with Crippen molar-refractivity contribution in [1.82, 2.24) is 5.32 Å². The molecule has 4 heteroatoms. The highest BCUT2D eigenvalue weighted by atomic mass is 35.5. The van der Waals surface area contributed by atoms with E-state index >= 15 is 0 Å². The lowest BCUT2D eigenvalue weighted by Crippen LogP contribution is -2.40. The van der Waals surface area contributed by atoms with Gasteiger partial charge in [-0.3, -0.25) is 4.79 Å². The van der Waals surface area contributed by atoms with Crippen molar-refractivity contribution in [1.29, 1.82) is 0 Å². The second kappa shape index (κ2) is 7.05. The van der Waals surface area contributed by atoms with Crippen LogP contribution in [0, 0.1) is 0 Å². The molecule has 0 radical (unpaired) electrons. The first-order valence-electron chi connectivity index (χ1n) is 7.99. The van der Waals surface area contributed by atoms with Crippen LogP contribution < -0.4 is 10.2 Å². The van der Waals surface area contributed by atoms with Gasteiger partial charge in [0.25, 0.3) is 0 Å². The van der Waals surface area contributed by atoms with Crippen LogP contribution in [0.2, 0.25) is 5.02 Å². The topological polar surface area (TPSA) is 32.3 Å². The van der Waals surface area contributed by atoms with Crippen LogP contribution in [0.25, 0.3) is 0 Å². The van der Waals surface area contributed by atoms with Gasteiger partial charge in [-0.25, -0.2) is 0 Å². The van der Waals surface area contributed by atoms with E-state index in [1.54, 1.807) is 0 Å². The molecule has 0 aliphatic carbocycles. The Bertz CT molecular complexity index is 684. The number of carbonyl (C=O) groups excluding carboxylic acids is 1. The Balaban J connectivity index is 1.51. The third-order valence-electron chi connectivity index (χ3n) is 4.31. The maximum absolute atomic E-state index is 12.2. The number of fused-ring (bicyclic) bond motifs is 1. The number of anilines is 1. The van der Waals surface area contributed by atoms with Gasteiger partial charge in [0.1, 0.15) is 0 Å². The van der Waals surface area contributed by atoms with Gasteiger partial charge in [0.05, 0.1) is 6.54 Å². The normalized spacial score (nSPS) is 16.3. The summed E-state index contributed by atoms with van der Waals surface area (Å²) in [6.07, 6.45) is 1.82. The van der Waals surface area contributed by atoms with E-state index in [0.717, 1.165) is 17.9 Å². The molecule has 1 unspecified atom stereocenters. The number of para-hydroxylation sites is 1. The van der Waals surface area contributed by atoms with E-state index in [-0.39, 0.29) is 5.91 Å². The number of nitrogens with zero attached hydrogens (tertiary/aromatic N) is 1. The molecule has 2 aromatic carbocycles. The summed E-state index contributed by atoms with van der Waals surface area (Å²) in [5.74, 6) is 0.0718. The molecule has 0 aromatic heterocycles. The van der Waals surface area contributed by atoms with Crippen molar-refractivity contribution in [2.45, 2.75) is 25.8 Å². The maximum atomic E-state index is 12.2. The quantitative estimate of drug-likeness (QED) is 0.911. The Morgan fingerprint density at radius 1 is 1.22 bits per heavy atom. The smallest absolute Gasteiger partial charge is 0.239 e. The van der Waals surface area contributed by atoms with Crippen LogP contribution in [-0.2, 0) is 17.6 Å². The van der Waals surface area contributed by atoms with Crippen molar-refractivity contribution in [3.05, 3.63) is 64.7 Å². The van der Waals surface area contributed by atoms with Crippen molar-refractivity contribution in [3.63, 3.8) is 0 Å². The summed E-state index contributed by atoms with van der Waals surface area (Å²) in [7, 11) is 0. The Kier molecular flexibility index (Phi) is 4.87. The van der Waals surface area contributed by atoms with E-state index in [0.29, 0.717) is 19.1 Å². The van der Waals surface area contributed by atoms with Crippen LogP contribution in [0.3, 0.4) is 0 Å². The molecule has 0 spiro atoms. The number of rotatable bonds is 5. The number of halogens is 1. The molecular formula is C19H21ClN2O. The number of benzene rings is 2. The second-order valence-corrected chi connectivity index (χ2v) is 6.47. The Morgan fingerprint density at radius 2 is 1.96 bits per heavy atom. The van der Waals surface area contributed by atoms with Gasteiger partial charge in [0.2, 0.25) is 5.91 Å². The predicted octanol–water partition coefficient (Wildman–Crippen LogP) is 3.45. The van der Waals surface area contributed by atoms with Crippen LogP contribution in [0.1, 0.15) is 18.1 Å². The van der Waals surface area contributed by atoms with Crippen LogP contribution in [-0.4, -0.2) is 25.0 Å². The minimum atomic E-state index is 0.0718. The minimum absolute atomic E-state index is 0.0718. The van der Waals surface area contributed by atoms with E-state index in [2.05, 4.69) is 35.3 Å². The summed E-state index contributed by atoms with van der Waals surface area (Å²) in [4.78, 5) is 14.4. The van der Waals surface area contributed by atoms with Gasteiger partial charge >= 0.3 is 0 Å². The van der Waals surface area contributed by atoms with Crippen molar-refractivity contribution in [2.75, 3.05) is 18.0 Å². The molecule has 1 amide bonds. The number of hydrogen-bond donors (Lipinski definition) is 1. The molecule has 1 atom stereocenters. The summed E-state index contributed by atoms with van der Waals surface area (Å²) in [6.45, 7) is 3.23. The monoisotopic (exact) mass is 328 g/mol. The average Bonchev–Trinajstić information content (AvgIpc) is 2.85. The SMILES string of the molecule is CC1Cc2ccccc2N1CC(=O)NCCc1ccc(Cl)cc1. The molecule has 0 bridgehead atoms. The molecule has 120 valence electrons. The molecule has 1 N–H and O–H groups in total. The standard InChI is InChI=1S/C19H21ClN2O/c1-14-12-16-4-2-3-5-18(16)22(14)13-19(23)21-11-10-15-6-8-17(20)9-7-15/h2-9,14H,10-13H2,1H3,(H,21,23). The zero-order chi connectivity index (χ0) is 16.2. The van der Waals surface area contributed by atoms with Gasteiger partial charge in [-0.05, 0) is 49.1 Å². The summed E-state index contributed by atoms with van der Waals surface area (Å²) in [5, 5.41) is 3.75. The highest BCUT2D eigenvalue weighted by molar-refractivity contribution is 6.30. The van der Waals surface area contributed by atoms with Crippen LogP contribution in [0.4, 0.5) is 5.69 Å². The molecular weight excluding hydrogens is 308 g/mol. The molecule has 23 heavy (non-hydrogen) atoms. The van der Waals surface area contributed by atoms with Crippen LogP contribution >= 0.6 is 11.6 Å². The molecule has 3 nitrogen and oxygen atoms in total. The average molecular weight is 329 g/mol. The molecule has 0 saturated heterocycles. The zero-order valence-corrected chi connectivity index (χ0v) is 14.0. The largest absolute Gasteiger partial charge is 0.359 e. The number of amides is 1. The Labute approximate surface area is 142 Å². The fourth-order valence-electron chi connectivity index (χ4n) is 3.08. The molecule has 0 fully saturated rings. The summed E-state index contributed by atoms with van der Waals surface area (Å²) < 4.78 is 0. The lowest BCUT2D eigenvalue weighted by Gasteiger charge is -2.24. The van der Waals surface area contributed by atoms with E-state index in [1.165, 1.54) is 16.8 Å². The second-order valence-electron chi connectivity index (χ2n) is 6.04. The van der Waals surface area contributed by atoms with E-state index in [9.17, 15) is 4.79 Å². The predicted molar refractivity (Wildman–Crippen MR) is 95.1 cm³/mol. The first-order valence-corrected chi connectivity index (χ1v) is 8.37.